The molecule has 13 heavy (non-hydrogen) atoms. The summed E-state index contributed by atoms with van der Waals surface area (Å²) >= 11 is 0. The second-order valence-corrected chi connectivity index (χ2v) is 5.60. The number of rotatable bonds is 4. The lowest BCUT2D eigenvalue weighted by molar-refractivity contribution is -0.138. The summed E-state index contributed by atoms with van der Waals surface area (Å²) in [6.07, 6.45) is 2.14. The zero-order valence-corrected chi connectivity index (χ0v) is 8.83. The van der Waals surface area contributed by atoms with Crippen molar-refractivity contribution in [3.8, 4) is 0 Å². The van der Waals surface area contributed by atoms with Crippen LogP contribution in [0.15, 0.2) is 0 Å². The summed E-state index contributed by atoms with van der Waals surface area (Å²) in [5.74, 6) is 0.314. The predicted octanol–water partition coefficient (Wildman–Crippen LogP) is 1.96. The van der Waals surface area contributed by atoms with E-state index in [1.807, 2.05) is 0 Å². The third kappa shape index (κ3) is 4.04. The highest BCUT2D eigenvalue weighted by Crippen LogP contribution is 2.36. The fourth-order valence-corrected chi connectivity index (χ4v) is 3.89. The summed E-state index contributed by atoms with van der Waals surface area (Å²) in [7, 11) is 3.31. The monoisotopic (exact) mass is 220 g/mol. The van der Waals surface area contributed by atoms with Gasteiger partial charge in [-0.3, -0.25) is 9.59 Å². The van der Waals surface area contributed by atoms with Crippen molar-refractivity contribution in [1.82, 2.24) is 0 Å². The molecule has 0 amide bonds. The maximum absolute atomic E-state index is 11.4. The Morgan fingerprint density at radius 1 is 1.38 bits per heavy atom. The molecule has 1 aliphatic heterocycles. The zero-order valence-electron chi connectivity index (χ0n) is 7.19. The lowest BCUT2D eigenvalue weighted by atomic mass is 10.1. The average Bonchev–Trinajstić information content (AvgIpc) is 2.15. The second-order valence-electron chi connectivity index (χ2n) is 2.91. The van der Waals surface area contributed by atoms with Gasteiger partial charge in [0.05, 0.1) is 11.7 Å². The Bertz CT molecular complexity index is 200. The molecule has 0 spiro atoms. The molecule has 1 saturated heterocycles. The highest BCUT2D eigenvalue weighted by Gasteiger charge is 2.22. The van der Waals surface area contributed by atoms with Crippen molar-refractivity contribution in [2.45, 2.75) is 30.9 Å². The Labute approximate surface area is 85.1 Å². The van der Waals surface area contributed by atoms with Crippen molar-refractivity contribution < 1.29 is 14.7 Å². The molecule has 1 heterocycles. The summed E-state index contributed by atoms with van der Waals surface area (Å²) < 4.78 is 0. The molecule has 1 unspecified atom stereocenters. The lowest BCUT2D eigenvalue weighted by Crippen LogP contribution is -2.19. The van der Waals surface area contributed by atoms with Gasteiger partial charge in [-0.1, -0.05) is 21.6 Å². The van der Waals surface area contributed by atoms with Gasteiger partial charge < -0.3 is 5.11 Å². The number of hydrogen-bond donors (Lipinski definition) is 1. The molecule has 0 aromatic heterocycles. The summed E-state index contributed by atoms with van der Waals surface area (Å²) in [6.45, 7) is 0. The molecule has 1 fully saturated rings. The number of carboxylic acid groups (broad SMARTS) is 1. The Morgan fingerprint density at radius 2 is 2.15 bits per heavy atom. The van der Waals surface area contributed by atoms with Crippen LogP contribution in [-0.4, -0.2) is 27.9 Å². The van der Waals surface area contributed by atoms with Crippen LogP contribution in [0.5, 0.6) is 0 Å². The smallest absolute Gasteiger partial charge is 0.303 e. The fraction of sp³-hybridized carbons (Fsp3) is 0.750. The van der Waals surface area contributed by atoms with Gasteiger partial charge in [0.1, 0.15) is 5.78 Å². The first kappa shape index (κ1) is 10.9. The minimum Gasteiger partial charge on any atom is -0.481 e. The van der Waals surface area contributed by atoms with Crippen LogP contribution in [-0.2, 0) is 9.59 Å². The van der Waals surface area contributed by atoms with Crippen LogP contribution in [0, 0.1) is 0 Å². The van der Waals surface area contributed by atoms with Crippen LogP contribution < -0.4 is 0 Å². The van der Waals surface area contributed by atoms with E-state index in [0.29, 0.717) is 0 Å². The van der Waals surface area contributed by atoms with Crippen LogP contribution in [0.4, 0.5) is 0 Å². The van der Waals surface area contributed by atoms with Gasteiger partial charge in [-0.05, 0) is 12.8 Å². The minimum atomic E-state index is -0.887. The zero-order chi connectivity index (χ0) is 9.68. The molecule has 1 rings (SSSR count). The van der Waals surface area contributed by atoms with E-state index in [4.69, 9.17) is 5.11 Å². The normalized spacial score (nSPS) is 22.6. The number of carbonyl (C=O) groups is 2. The van der Waals surface area contributed by atoms with E-state index in [1.54, 1.807) is 21.6 Å². The third-order valence-corrected chi connectivity index (χ3v) is 4.75. The van der Waals surface area contributed by atoms with E-state index in [1.165, 1.54) is 0 Å². The van der Waals surface area contributed by atoms with Gasteiger partial charge in [-0.2, -0.15) is 0 Å². The molecule has 5 heteroatoms. The second kappa shape index (κ2) is 5.54. The molecular formula is C8H12O3S2. The quantitative estimate of drug-likeness (QED) is 0.734. The van der Waals surface area contributed by atoms with Gasteiger partial charge in [0.2, 0.25) is 0 Å². The Morgan fingerprint density at radius 3 is 2.69 bits per heavy atom. The van der Waals surface area contributed by atoms with Crippen molar-refractivity contribution in [3.63, 3.8) is 0 Å². The van der Waals surface area contributed by atoms with Gasteiger partial charge >= 0.3 is 5.97 Å². The van der Waals surface area contributed by atoms with Gasteiger partial charge in [0.25, 0.3) is 0 Å². The molecular weight excluding hydrogens is 208 g/mol. The third-order valence-electron chi connectivity index (χ3n) is 1.82. The summed E-state index contributed by atoms with van der Waals surface area (Å²) in [6, 6.07) is 0. The van der Waals surface area contributed by atoms with E-state index >= 15 is 0 Å². The number of Topliss-reactive ketones (excluding diaryl/α,β-unsaturated/α-hetero) is 1. The number of carbonyl (C=O) groups excluding carboxylic acids is 1. The maximum atomic E-state index is 11.4. The Balaban J connectivity index is 2.25. The van der Waals surface area contributed by atoms with Crippen LogP contribution in [0.1, 0.15) is 25.7 Å². The number of hydrogen-bond acceptors (Lipinski definition) is 4. The molecule has 0 bridgehead atoms. The van der Waals surface area contributed by atoms with Gasteiger partial charge in [0.15, 0.2) is 0 Å². The van der Waals surface area contributed by atoms with E-state index in [9.17, 15) is 9.59 Å². The SMILES string of the molecule is O=C(O)CCC(=O)C1CCCSS1. The first-order valence-electron chi connectivity index (χ1n) is 4.23. The largest absolute Gasteiger partial charge is 0.481 e. The highest BCUT2D eigenvalue weighted by atomic mass is 33.1. The Kier molecular flexibility index (Phi) is 4.66. The van der Waals surface area contributed by atoms with Crippen LogP contribution in [0.2, 0.25) is 0 Å². The van der Waals surface area contributed by atoms with Crippen molar-refractivity contribution in [1.29, 1.82) is 0 Å². The maximum Gasteiger partial charge on any atom is 0.303 e. The van der Waals surface area contributed by atoms with Crippen LogP contribution in [0.3, 0.4) is 0 Å². The summed E-state index contributed by atoms with van der Waals surface area (Å²) in [4.78, 5) is 21.6. The minimum absolute atomic E-state index is 0.0272. The van der Waals surface area contributed by atoms with Gasteiger partial charge in [-0.25, -0.2) is 0 Å². The number of aliphatic carboxylic acids is 1. The van der Waals surface area contributed by atoms with E-state index in [-0.39, 0.29) is 23.9 Å². The van der Waals surface area contributed by atoms with Gasteiger partial charge in [0, 0.05) is 12.2 Å². The van der Waals surface area contributed by atoms with E-state index in [0.717, 1.165) is 18.6 Å². The summed E-state index contributed by atoms with van der Waals surface area (Å²) in [5.41, 5.74) is 0. The molecule has 74 valence electrons. The van der Waals surface area contributed by atoms with Crippen molar-refractivity contribution in [2.75, 3.05) is 5.75 Å². The molecule has 0 aromatic carbocycles. The Hall–Kier alpha value is -0.160. The van der Waals surface area contributed by atoms with E-state index in [2.05, 4.69) is 0 Å². The predicted molar refractivity (Wildman–Crippen MR) is 54.9 cm³/mol. The fourth-order valence-electron chi connectivity index (χ4n) is 1.11. The molecule has 1 N–H and O–H groups in total. The molecule has 0 aromatic rings. The van der Waals surface area contributed by atoms with Crippen molar-refractivity contribution >= 4 is 33.3 Å². The molecule has 1 aliphatic rings. The van der Waals surface area contributed by atoms with Crippen LogP contribution >= 0.6 is 21.6 Å². The van der Waals surface area contributed by atoms with E-state index < -0.39 is 5.97 Å². The summed E-state index contributed by atoms with van der Waals surface area (Å²) in [5, 5.41) is 8.44. The molecule has 0 saturated carbocycles. The first-order chi connectivity index (χ1) is 6.20. The topological polar surface area (TPSA) is 54.4 Å². The number of ketones is 1. The average molecular weight is 220 g/mol. The molecule has 0 aliphatic carbocycles. The molecule has 0 radical (unpaired) electrons. The lowest BCUT2D eigenvalue weighted by Gasteiger charge is -2.18. The first-order valence-corrected chi connectivity index (χ1v) is 6.61. The van der Waals surface area contributed by atoms with Crippen molar-refractivity contribution in [2.24, 2.45) is 0 Å². The molecule has 3 nitrogen and oxygen atoms in total. The highest BCUT2D eigenvalue weighted by molar-refractivity contribution is 8.77. The standard InChI is InChI=1S/C8H12O3S2/c9-6(3-4-8(10)11)7-2-1-5-12-13-7/h7H,1-5H2,(H,10,11). The number of carboxylic acids is 1. The van der Waals surface area contributed by atoms with Crippen LogP contribution in [0.25, 0.3) is 0 Å². The van der Waals surface area contributed by atoms with Crippen molar-refractivity contribution in [3.05, 3.63) is 0 Å². The molecule has 1 atom stereocenters. The van der Waals surface area contributed by atoms with Gasteiger partial charge in [-0.15, -0.1) is 0 Å².